The molecule has 1 aliphatic heterocycles. The molecule has 1 saturated heterocycles. The number of anilines is 1. The third-order valence-corrected chi connectivity index (χ3v) is 9.46. The van der Waals surface area contributed by atoms with Gasteiger partial charge >= 0.3 is 6.09 Å². The lowest BCUT2D eigenvalue weighted by molar-refractivity contribution is 0.0284. The fraction of sp³-hybridized carbons (Fsp3) is 0.375. The number of ether oxygens (including phenoxy) is 3. The monoisotopic (exact) mass is 659 g/mol. The first-order valence-electron chi connectivity index (χ1n) is 17.3. The molecule has 1 amide bonds. The molecule has 3 atom stereocenters. The SMILES string of the molecule is Cn1nc(-c2ccc(OCc3ccccc3)nc2OCc2ccccc2)c2cccc(NC3CCC4CN(C(=O)OC(C)(C)C)CC4C3)c21. The fourth-order valence-electron chi connectivity index (χ4n) is 7.16. The highest BCUT2D eigenvalue weighted by Crippen LogP contribution is 2.40. The van der Waals surface area contributed by atoms with Gasteiger partial charge in [-0.25, -0.2) is 4.79 Å². The molecule has 7 rings (SSSR count). The zero-order valence-corrected chi connectivity index (χ0v) is 28.8. The molecule has 1 aliphatic carbocycles. The number of aryl methyl sites for hydroxylation is 1. The smallest absolute Gasteiger partial charge is 0.410 e. The number of hydrogen-bond acceptors (Lipinski definition) is 7. The molecule has 3 aromatic carbocycles. The molecule has 2 aliphatic rings. The van der Waals surface area contributed by atoms with Crippen molar-refractivity contribution in [2.24, 2.45) is 18.9 Å². The molecule has 254 valence electrons. The molecule has 9 nitrogen and oxygen atoms in total. The van der Waals surface area contributed by atoms with Gasteiger partial charge in [-0.2, -0.15) is 10.1 Å². The van der Waals surface area contributed by atoms with Gasteiger partial charge in [-0.05, 0) is 75.1 Å². The summed E-state index contributed by atoms with van der Waals surface area (Å²) in [6, 6.07) is 30.6. The summed E-state index contributed by atoms with van der Waals surface area (Å²) in [5.41, 5.74) is 5.32. The Balaban J connectivity index is 1.12. The van der Waals surface area contributed by atoms with E-state index in [-0.39, 0.29) is 6.09 Å². The average molecular weight is 660 g/mol. The molecule has 0 radical (unpaired) electrons. The molecular weight excluding hydrogens is 614 g/mol. The summed E-state index contributed by atoms with van der Waals surface area (Å²) in [6.45, 7) is 8.08. The van der Waals surface area contributed by atoms with E-state index >= 15 is 0 Å². The first-order valence-corrected chi connectivity index (χ1v) is 17.3. The second kappa shape index (κ2) is 13.8. The molecule has 49 heavy (non-hydrogen) atoms. The number of carbonyl (C=O) groups excluding carboxylic acids is 1. The maximum absolute atomic E-state index is 12.8. The van der Waals surface area contributed by atoms with Crippen LogP contribution in [-0.4, -0.2) is 50.5 Å². The summed E-state index contributed by atoms with van der Waals surface area (Å²) in [7, 11) is 1.98. The molecule has 2 fully saturated rings. The summed E-state index contributed by atoms with van der Waals surface area (Å²) >= 11 is 0. The Labute approximate surface area is 288 Å². The number of hydrogen-bond donors (Lipinski definition) is 1. The van der Waals surface area contributed by atoms with Gasteiger partial charge in [0.15, 0.2) is 0 Å². The number of amides is 1. The van der Waals surface area contributed by atoms with Crippen molar-refractivity contribution in [1.82, 2.24) is 19.7 Å². The number of benzene rings is 3. The van der Waals surface area contributed by atoms with Crippen molar-refractivity contribution >= 4 is 22.7 Å². The number of aromatic nitrogens is 3. The van der Waals surface area contributed by atoms with Crippen LogP contribution in [0.3, 0.4) is 0 Å². The predicted octanol–water partition coefficient (Wildman–Crippen LogP) is 8.24. The second-order valence-electron chi connectivity index (χ2n) is 14.3. The number of nitrogens with zero attached hydrogens (tertiary/aromatic N) is 4. The minimum absolute atomic E-state index is 0.198. The Bertz CT molecular complexity index is 1900. The number of para-hydroxylation sites is 1. The molecule has 1 saturated carbocycles. The van der Waals surface area contributed by atoms with E-state index in [2.05, 4.69) is 23.5 Å². The summed E-state index contributed by atoms with van der Waals surface area (Å²) < 4.78 is 20.1. The van der Waals surface area contributed by atoms with Crippen LogP contribution in [0.2, 0.25) is 0 Å². The van der Waals surface area contributed by atoms with Crippen LogP contribution in [-0.2, 0) is 25.0 Å². The van der Waals surface area contributed by atoms with E-state index in [0.717, 1.165) is 71.3 Å². The number of likely N-dealkylation sites (tertiary alicyclic amines) is 1. The van der Waals surface area contributed by atoms with Gasteiger partial charge in [-0.3, -0.25) is 4.68 Å². The highest BCUT2D eigenvalue weighted by atomic mass is 16.6. The van der Waals surface area contributed by atoms with Crippen LogP contribution < -0.4 is 14.8 Å². The van der Waals surface area contributed by atoms with Gasteiger partial charge < -0.3 is 24.4 Å². The van der Waals surface area contributed by atoms with Crippen molar-refractivity contribution in [3.63, 3.8) is 0 Å². The van der Waals surface area contributed by atoms with Crippen molar-refractivity contribution in [3.8, 4) is 23.0 Å². The Morgan fingerprint density at radius 1 is 0.837 bits per heavy atom. The summed E-state index contributed by atoms with van der Waals surface area (Å²) in [6.07, 6.45) is 2.95. The molecule has 2 aromatic heterocycles. The normalized spacial score (nSPS) is 19.0. The first-order chi connectivity index (χ1) is 23.7. The third-order valence-electron chi connectivity index (χ3n) is 9.46. The van der Waals surface area contributed by atoms with Crippen molar-refractivity contribution in [2.75, 3.05) is 18.4 Å². The van der Waals surface area contributed by atoms with E-state index in [1.54, 1.807) is 0 Å². The summed E-state index contributed by atoms with van der Waals surface area (Å²) in [5, 5.41) is 9.90. The van der Waals surface area contributed by atoms with E-state index in [4.69, 9.17) is 24.3 Å². The standard InChI is InChI=1S/C40H45N5O4/c1-40(2,3)49-39(46)45-23-29-18-19-31(22-30(29)24-45)41-34-17-11-16-32-36(43-44(4)37(32)34)33-20-21-35(47-25-27-12-7-5-8-13-27)42-38(33)48-26-28-14-9-6-10-15-28/h5-17,20-21,29-31,41H,18-19,22-26H2,1-4H3. The molecule has 5 aromatic rings. The van der Waals surface area contributed by atoms with Gasteiger partial charge in [0, 0.05) is 37.6 Å². The summed E-state index contributed by atoms with van der Waals surface area (Å²) in [5.74, 6) is 1.94. The fourth-order valence-corrected chi connectivity index (χ4v) is 7.16. The second-order valence-corrected chi connectivity index (χ2v) is 14.3. The molecule has 0 spiro atoms. The van der Waals surface area contributed by atoms with Crippen molar-refractivity contribution in [1.29, 1.82) is 0 Å². The van der Waals surface area contributed by atoms with Crippen LogP contribution in [0, 0.1) is 11.8 Å². The van der Waals surface area contributed by atoms with Gasteiger partial charge in [0.25, 0.3) is 0 Å². The quantitative estimate of drug-likeness (QED) is 0.170. The predicted molar refractivity (Wildman–Crippen MR) is 192 cm³/mol. The number of fused-ring (bicyclic) bond motifs is 2. The maximum atomic E-state index is 12.8. The molecule has 9 heteroatoms. The number of pyridine rings is 1. The lowest BCUT2D eigenvalue weighted by Gasteiger charge is -2.32. The highest BCUT2D eigenvalue weighted by Gasteiger charge is 2.40. The molecular formula is C40H45N5O4. The minimum atomic E-state index is -0.487. The Kier molecular flexibility index (Phi) is 9.17. The van der Waals surface area contributed by atoms with E-state index in [0.29, 0.717) is 42.9 Å². The van der Waals surface area contributed by atoms with Crippen LogP contribution in [0.5, 0.6) is 11.8 Å². The Morgan fingerprint density at radius 3 is 2.24 bits per heavy atom. The lowest BCUT2D eigenvalue weighted by Crippen LogP contribution is -2.35. The van der Waals surface area contributed by atoms with Gasteiger partial charge in [0.2, 0.25) is 11.8 Å². The van der Waals surface area contributed by atoms with E-state index in [9.17, 15) is 4.79 Å². The Morgan fingerprint density at radius 2 is 1.53 bits per heavy atom. The molecule has 0 bridgehead atoms. The number of nitrogens with one attached hydrogen (secondary N) is 1. The maximum Gasteiger partial charge on any atom is 0.410 e. The number of carbonyl (C=O) groups is 1. The molecule has 3 unspecified atom stereocenters. The van der Waals surface area contributed by atoms with Crippen LogP contribution in [0.15, 0.2) is 91.0 Å². The van der Waals surface area contributed by atoms with Crippen LogP contribution in [0.1, 0.15) is 51.2 Å². The van der Waals surface area contributed by atoms with Gasteiger partial charge in [-0.15, -0.1) is 0 Å². The van der Waals surface area contributed by atoms with E-state index < -0.39 is 5.60 Å². The lowest BCUT2D eigenvalue weighted by atomic mass is 9.79. The minimum Gasteiger partial charge on any atom is -0.473 e. The van der Waals surface area contributed by atoms with Gasteiger partial charge in [-0.1, -0.05) is 72.8 Å². The average Bonchev–Trinajstić information content (AvgIpc) is 3.68. The topological polar surface area (TPSA) is 90.7 Å². The Hall–Kier alpha value is -5.05. The summed E-state index contributed by atoms with van der Waals surface area (Å²) in [4.78, 5) is 19.5. The first kappa shape index (κ1) is 32.5. The number of rotatable bonds is 9. The van der Waals surface area contributed by atoms with Crippen molar-refractivity contribution < 1.29 is 19.0 Å². The molecule has 1 N–H and O–H groups in total. The third kappa shape index (κ3) is 7.51. The highest BCUT2D eigenvalue weighted by molar-refractivity contribution is 6.00. The van der Waals surface area contributed by atoms with E-state index in [1.807, 2.05) is 110 Å². The van der Waals surface area contributed by atoms with Crippen LogP contribution >= 0.6 is 0 Å². The zero-order chi connectivity index (χ0) is 34.0. The van der Waals surface area contributed by atoms with Crippen LogP contribution in [0.25, 0.3) is 22.2 Å². The van der Waals surface area contributed by atoms with E-state index in [1.165, 1.54) is 0 Å². The van der Waals surface area contributed by atoms with Crippen LogP contribution in [0.4, 0.5) is 10.5 Å². The van der Waals surface area contributed by atoms with Gasteiger partial charge in [0.1, 0.15) is 24.5 Å². The van der Waals surface area contributed by atoms with Crippen molar-refractivity contribution in [2.45, 2.75) is 64.9 Å². The molecule has 3 heterocycles. The zero-order valence-electron chi connectivity index (χ0n) is 28.8. The van der Waals surface area contributed by atoms with Crippen molar-refractivity contribution in [3.05, 3.63) is 102 Å². The largest absolute Gasteiger partial charge is 0.473 e. The van der Waals surface area contributed by atoms with Gasteiger partial charge in [0.05, 0.1) is 16.8 Å².